The molecule has 0 saturated carbocycles. The van der Waals surface area contributed by atoms with Crippen molar-refractivity contribution in [3.63, 3.8) is 0 Å². The Balaban J connectivity index is 2.11. The van der Waals surface area contributed by atoms with Gasteiger partial charge in [-0.2, -0.15) is 5.10 Å². The summed E-state index contributed by atoms with van der Waals surface area (Å²) in [6.07, 6.45) is 1.05. The molecule has 5 heteroatoms. The average Bonchev–Trinajstić information content (AvgIpc) is 2.75. The van der Waals surface area contributed by atoms with Crippen molar-refractivity contribution >= 4 is 17.4 Å². The second-order valence-corrected chi connectivity index (χ2v) is 5.10. The highest BCUT2D eigenvalue weighted by Gasteiger charge is 2.14. The van der Waals surface area contributed by atoms with E-state index in [1.165, 1.54) is 12.1 Å². The number of aromatic nitrogens is 2. The molecule has 1 aromatic carbocycles. The van der Waals surface area contributed by atoms with E-state index in [4.69, 9.17) is 11.6 Å². The van der Waals surface area contributed by atoms with Gasteiger partial charge in [0.25, 0.3) is 0 Å². The molecule has 1 heterocycles. The number of aryl methyl sites for hydroxylation is 2. The maximum absolute atomic E-state index is 13.6. The molecule has 0 aliphatic rings. The van der Waals surface area contributed by atoms with Crippen molar-refractivity contribution in [3.05, 3.63) is 52.1 Å². The van der Waals surface area contributed by atoms with Gasteiger partial charge in [-0.15, -0.1) is 0 Å². The molecule has 0 aliphatic carbocycles. The van der Waals surface area contributed by atoms with E-state index in [1.54, 1.807) is 17.8 Å². The van der Waals surface area contributed by atoms with Gasteiger partial charge in [-0.25, -0.2) is 4.39 Å². The van der Waals surface area contributed by atoms with Crippen LogP contribution in [0.25, 0.3) is 0 Å². The Morgan fingerprint density at radius 2 is 2.15 bits per heavy atom. The van der Waals surface area contributed by atoms with Crippen LogP contribution in [-0.4, -0.2) is 15.6 Å². The van der Waals surface area contributed by atoms with Crippen LogP contribution in [0.3, 0.4) is 0 Å². The molecule has 0 unspecified atom stereocenters. The summed E-state index contributed by atoms with van der Waals surface area (Å²) in [6.45, 7) is 2.01. The molecular weight excluding hydrogens is 279 g/mol. The molecule has 0 bridgehead atoms. The van der Waals surface area contributed by atoms with E-state index < -0.39 is 5.82 Å². The van der Waals surface area contributed by atoms with Crippen LogP contribution < -0.4 is 0 Å². The second-order valence-electron chi connectivity index (χ2n) is 4.70. The van der Waals surface area contributed by atoms with Crippen LogP contribution in [0.4, 0.5) is 4.39 Å². The normalized spacial score (nSPS) is 10.8. The number of rotatable bonds is 5. The van der Waals surface area contributed by atoms with Crippen LogP contribution >= 0.6 is 11.6 Å². The summed E-state index contributed by atoms with van der Waals surface area (Å²) in [7, 11) is 1.80. The Labute approximate surface area is 122 Å². The van der Waals surface area contributed by atoms with Crippen molar-refractivity contribution in [3.8, 4) is 0 Å². The van der Waals surface area contributed by atoms with E-state index in [2.05, 4.69) is 5.10 Å². The molecule has 0 radical (unpaired) electrons. The van der Waals surface area contributed by atoms with Crippen molar-refractivity contribution in [2.24, 2.45) is 7.05 Å². The lowest BCUT2D eigenvalue weighted by atomic mass is 10.0. The molecule has 0 N–H and O–H groups in total. The monoisotopic (exact) mass is 294 g/mol. The molecular formula is C15H16ClFN2O. The van der Waals surface area contributed by atoms with Gasteiger partial charge in [-0.1, -0.05) is 24.6 Å². The Kier molecular flexibility index (Phi) is 4.55. The Morgan fingerprint density at radius 1 is 1.40 bits per heavy atom. The fraction of sp³-hybridized carbons (Fsp3) is 0.333. The van der Waals surface area contributed by atoms with E-state index in [1.807, 2.05) is 13.0 Å². The van der Waals surface area contributed by atoms with Gasteiger partial charge < -0.3 is 0 Å². The van der Waals surface area contributed by atoms with E-state index in [0.717, 1.165) is 17.8 Å². The lowest BCUT2D eigenvalue weighted by Crippen LogP contribution is -2.11. The van der Waals surface area contributed by atoms with E-state index in [9.17, 15) is 9.18 Å². The molecule has 0 amide bonds. The number of nitrogens with zero attached hydrogens (tertiary/aromatic N) is 2. The first-order valence-electron chi connectivity index (χ1n) is 6.47. The highest BCUT2D eigenvalue weighted by atomic mass is 35.5. The fourth-order valence-electron chi connectivity index (χ4n) is 2.07. The number of carbonyl (C=O) groups is 1. The third kappa shape index (κ3) is 3.25. The lowest BCUT2D eigenvalue weighted by Gasteiger charge is -2.05. The number of halogens is 2. The number of benzene rings is 1. The summed E-state index contributed by atoms with van der Waals surface area (Å²) >= 11 is 5.92. The molecule has 2 aromatic rings. The standard InChI is InChI=1S/C15H16ClFN2O/c1-3-10-7-11(19(2)18-10)8-12(20)9-13-14(16)5-4-6-15(13)17/h4-7H,3,8-9H2,1-2H3. The highest BCUT2D eigenvalue weighted by molar-refractivity contribution is 6.31. The van der Waals surface area contributed by atoms with E-state index >= 15 is 0 Å². The predicted octanol–water partition coefficient (Wildman–Crippen LogP) is 3.13. The smallest absolute Gasteiger partial charge is 0.143 e. The quantitative estimate of drug-likeness (QED) is 0.849. The van der Waals surface area contributed by atoms with Gasteiger partial charge in [-0.05, 0) is 24.6 Å². The summed E-state index contributed by atoms with van der Waals surface area (Å²) in [6, 6.07) is 6.33. The van der Waals surface area contributed by atoms with Crippen LogP contribution in [-0.2, 0) is 31.1 Å². The van der Waals surface area contributed by atoms with Gasteiger partial charge in [0.1, 0.15) is 11.6 Å². The summed E-state index contributed by atoms with van der Waals surface area (Å²) in [5.74, 6) is -0.521. The molecule has 0 fully saturated rings. The van der Waals surface area contributed by atoms with Crippen LogP contribution in [0.2, 0.25) is 5.02 Å². The third-order valence-electron chi connectivity index (χ3n) is 3.20. The minimum Gasteiger partial charge on any atom is -0.299 e. The summed E-state index contributed by atoms with van der Waals surface area (Å²) in [5.41, 5.74) is 2.04. The van der Waals surface area contributed by atoms with Crippen LogP contribution in [0.1, 0.15) is 23.9 Å². The fourth-order valence-corrected chi connectivity index (χ4v) is 2.30. The van der Waals surface area contributed by atoms with E-state index in [-0.39, 0.29) is 29.2 Å². The highest BCUT2D eigenvalue weighted by Crippen LogP contribution is 2.20. The molecule has 106 valence electrons. The number of Topliss-reactive ketones (excluding diaryl/α,β-unsaturated/α-hetero) is 1. The first-order valence-corrected chi connectivity index (χ1v) is 6.85. The number of ketones is 1. The molecule has 1 aromatic heterocycles. The number of hydrogen-bond donors (Lipinski definition) is 0. The van der Waals surface area contributed by atoms with Gasteiger partial charge >= 0.3 is 0 Å². The molecule has 3 nitrogen and oxygen atoms in total. The maximum atomic E-state index is 13.6. The first kappa shape index (κ1) is 14.7. The molecule has 0 spiro atoms. The maximum Gasteiger partial charge on any atom is 0.143 e. The second kappa shape index (κ2) is 6.18. The Bertz CT molecular complexity index is 617. The van der Waals surface area contributed by atoms with Crippen molar-refractivity contribution in [1.82, 2.24) is 9.78 Å². The minimum atomic E-state index is -0.440. The minimum absolute atomic E-state index is 0.00184. The predicted molar refractivity (Wildman–Crippen MR) is 76.4 cm³/mol. The summed E-state index contributed by atoms with van der Waals surface area (Å²) in [4.78, 5) is 12.1. The molecule has 0 atom stereocenters. The van der Waals surface area contributed by atoms with Crippen molar-refractivity contribution in [2.45, 2.75) is 26.2 Å². The zero-order valence-electron chi connectivity index (χ0n) is 11.5. The SMILES string of the molecule is CCc1cc(CC(=O)Cc2c(F)cccc2Cl)n(C)n1. The zero-order valence-corrected chi connectivity index (χ0v) is 12.2. The summed E-state index contributed by atoms with van der Waals surface area (Å²) < 4.78 is 15.3. The summed E-state index contributed by atoms with van der Waals surface area (Å²) in [5, 5.41) is 4.58. The van der Waals surface area contributed by atoms with Crippen LogP contribution in [0.15, 0.2) is 24.3 Å². The van der Waals surface area contributed by atoms with Gasteiger partial charge in [0.05, 0.1) is 5.69 Å². The van der Waals surface area contributed by atoms with Crippen LogP contribution in [0, 0.1) is 5.82 Å². The average molecular weight is 295 g/mol. The van der Waals surface area contributed by atoms with Crippen molar-refractivity contribution < 1.29 is 9.18 Å². The number of hydrogen-bond acceptors (Lipinski definition) is 2. The molecule has 20 heavy (non-hydrogen) atoms. The third-order valence-corrected chi connectivity index (χ3v) is 3.56. The van der Waals surface area contributed by atoms with Gasteiger partial charge in [0.2, 0.25) is 0 Å². The molecule has 0 aliphatic heterocycles. The lowest BCUT2D eigenvalue weighted by molar-refractivity contribution is -0.117. The first-order chi connectivity index (χ1) is 9.51. The van der Waals surface area contributed by atoms with E-state index in [0.29, 0.717) is 0 Å². The van der Waals surface area contributed by atoms with Crippen LogP contribution in [0.5, 0.6) is 0 Å². The molecule has 2 rings (SSSR count). The van der Waals surface area contributed by atoms with Crippen molar-refractivity contribution in [1.29, 1.82) is 0 Å². The van der Waals surface area contributed by atoms with Gasteiger partial charge in [0, 0.05) is 36.2 Å². The van der Waals surface area contributed by atoms with Crippen molar-refractivity contribution in [2.75, 3.05) is 0 Å². The Hall–Kier alpha value is -1.68. The largest absolute Gasteiger partial charge is 0.299 e. The van der Waals surface area contributed by atoms with Gasteiger partial charge in [0.15, 0.2) is 0 Å². The topological polar surface area (TPSA) is 34.9 Å². The molecule has 0 saturated heterocycles. The van der Waals surface area contributed by atoms with Gasteiger partial charge in [-0.3, -0.25) is 9.48 Å². The Morgan fingerprint density at radius 3 is 2.75 bits per heavy atom. The zero-order chi connectivity index (χ0) is 14.7. The number of carbonyl (C=O) groups excluding carboxylic acids is 1.